The van der Waals surface area contributed by atoms with E-state index in [9.17, 15) is 18.3 Å². The van der Waals surface area contributed by atoms with Crippen molar-refractivity contribution in [2.75, 3.05) is 19.4 Å². The van der Waals surface area contributed by atoms with Gasteiger partial charge in [-0.25, -0.2) is 8.42 Å². The summed E-state index contributed by atoms with van der Waals surface area (Å²) in [6, 6.07) is 3.09. The van der Waals surface area contributed by atoms with E-state index in [0.717, 1.165) is 4.31 Å². The summed E-state index contributed by atoms with van der Waals surface area (Å²) in [6.45, 7) is -0.201. The first-order chi connectivity index (χ1) is 9.77. The van der Waals surface area contributed by atoms with Crippen molar-refractivity contribution in [3.8, 4) is 5.75 Å². The number of primary amides is 1. The van der Waals surface area contributed by atoms with Crippen LogP contribution in [0.2, 0.25) is 0 Å². The van der Waals surface area contributed by atoms with Crippen molar-refractivity contribution >= 4 is 21.6 Å². The Hall–Kier alpha value is -1.84. The van der Waals surface area contributed by atoms with Crippen LogP contribution >= 0.6 is 0 Å². The fourth-order valence-electron chi connectivity index (χ4n) is 2.33. The number of methoxy groups -OCH3 is 1. The average molecular weight is 315 g/mol. The molecule has 2 unspecified atom stereocenters. The fourth-order valence-corrected chi connectivity index (χ4v) is 4.17. The predicted octanol–water partition coefficient (Wildman–Crippen LogP) is -1.11. The summed E-state index contributed by atoms with van der Waals surface area (Å²) in [5.41, 5.74) is 11.1. The Morgan fingerprint density at radius 3 is 2.71 bits per heavy atom. The third kappa shape index (κ3) is 2.80. The minimum atomic E-state index is -4.06. The van der Waals surface area contributed by atoms with E-state index in [1.807, 2.05) is 0 Å². The summed E-state index contributed by atoms with van der Waals surface area (Å²) in [4.78, 5) is 11.2. The molecule has 1 fully saturated rings. The molecule has 0 bridgehead atoms. The number of nitrogen functional groups attached to an aromatic ring is 1. The molecule has 1 amide bonds. The quantitative estimate of drug-likeness (QED) is 0.603. The summed E-state index contributed by atoms with van der Waals surface area (Å²) in [7, 11) is -2.74. The van der Waals surface area contributed by atoms with Gasteiger partial charge >= 0.3 is 0 Å². The molecule has 0 saturated carbocycles. The first kappa shape index (κ1) is 15.5. The number of nitrogens with two attached hydrogens (primary N) is 2. The van der Waals surface area contributed by atoms with Crippen molar-refractivity contribution in [3.05, 3.63) is 18.2 Å². The van der Waals surface area contributed by atoms with Crippen LogP contribution in [0.25, 0.3) is 0 Å². The molecule has 1 aliphatic rings. The lowest BCUT2D eigenvalue weighted by Crippen LogP contribution is -2.43. The number of rotatable bonds is 4. The topological polar surface area (TPSA) is 136 Å². The van der Waals surface area contributed by atoms with Crippen molar-refractivity contribution in [3.63, 3.8) is 0 Å². The molecule has 1 saturated heterocycles. The Morgan fingerprint density at radius 2 is 2.14 bits per heavy atom. The minimum absolute atomic E-state index is 0.0286. The zero-order valence-electron chi connectivity index (χ0n) is 11.4. The maximum absolute atomic E-state index is 12.7. The summed E-state index contributed by atoms with van der Waals surface area (Å²) < 4.78 is 31.3. The molecular weight excluding hydrogens is 298 g/mol. The Labute approximate surface area is 122 Å². The van der Waals surface area contributed by atoms with Crippen LogP contribution in [0.3, 0.4) is 0 Å². The molecule has 8 nitrogen and oxygen atoms in total. The molecule has 1 aromatic carbocycles. The molecule has 0 aliphatic carbocycles. The average Bonchev–Trinajstić information content (AvgIpc) is 2.82. The Morgan fingerprint density at radius 1 is 1.48 bits per heavy atom. The lowest BCUT2D eigenvalue weighted by atomic mass is 10.2. The van der Waals surface area contributed by atoms with Gasteiger partial charge in [0.25, 0.3) is 0 Å². The van der Waals surface area contributed by atoms with E-state index in [2.05, 4.69) is 0 Å². The molecule has 2 atom stereocenters. The summed E-state index contributed by atoms with van der Waals surface area (Å²) in [6.07, 6.45) is -0.969. The molecule has 1 aliphatic heterocycles. The predicted molar refractivity (Wildman–Crippen MR) is 74.9 cm³/mol. The standard InChI is InChI=1S/C12H17N3O5S/c1-20-10-3-2-7(13)4-11(10)21(18,19)15-6-8(16)5-9(15)12(14)17/h2-4,8-9,16H,5-6,13H2,1H3,(H2,14,17). The normalized spacial score (nSPS) is 23.1. The van der Waals surface area contributed by atoms with Crippen molar-refractivity contribution in [1.82, 2.24) is 4.31 Å². The van der Waals surface area contributed by atoms with E-state index >= 15 is 0 Å². The zero-order chi connectivity index (χ0) is 15.8. The van der Waals surface area contributed by atoms with Crippen LogP contribution in [0.15, 0.2) is 23.1 Å². The number of amides is 1. The van der Waals surface area contributed by atoms with Crippen molar-refractivity contribution in [2.45, 2.75) is 23.5 Å². The Balaban J connectivity index is 2.51. The number of aliphatic hydroxyl groups excluding tert-OH is 1. The second-order valence-corrected chi connectivity index (χ2v) is 6.65. The van der Waals surface area contributed by atoms with E-state index in [4.69, 9.17) is 16.2 Å². The molecule has 9 heteroatoms. The van der Waals surface area contributed by atoms with Gasteiger partial charge in [0.1, 0.15) is 16.7 Å². The molecule has 0 aromatic heterocycles. The van der Waals surface area contributed by atoms with Crippen LogP contribution in [0.1, 0.15) is 6.42 Å². The van der Waals surface area contributed by atoms with E-state index in [1.54, 1.807) is 0 Å². The van der Waals surface area contributed by atoms with Crippen molar-refractivity contribution < 1.29 is 23.1 Å². The van der Waals surface area contributed by atoms with E-state index in [0.29, 0.717) is 0 Å². The number of carbonyl (C=O) groups excluding carboxylic acids is 1. The number of hydrogen-bond acceptors (Lipinski definition) is 6. The molecule has 0 spiro atoms. The molecule has 2 rings (SSSR count). The van der Waals surface area contributed by atoms with Crippen molar-refractivity contribution in [1.29, 1.82) is 0 Å². The number of ether oxygens (including phenoxy) is 1. The van der Waals surface area contributed by atoms with Crippen LogP contribution < -0.4 is 16.2 Å². The second kappa shape index (κ2) is 5.51. The van der Waals surface area contributed by atoms with Crippen molar-refractivity contribution in [2.24, 2.45) is 5.73 Å². The highest BCUT2D eigenvalue weighted by molar-refractivity contribution is 7.89. The van der Waals surface area contributed by atoms with Crippen LogP contribution in [-0.4, -0.2) is 49.5 Å². The summed E-state index contributed by atoms with van der Waals surface area (Å²) in [5, 5.41) is 9.64. The third-order valence-electron chi connectivity index (χ3n) is 3.34. The smallest absolute Gasteiger partial charge is 0.247 e. The highest BCUT2D eigenvalue weighted by atomic mass is 32.2. The van der Waals surface area contributed by atoms with Gasteiger partial charge in [-0.3, -0.25) is 4.79 Å². The van der Waals surface area contributed by atoms with E-state index < -0.39 is 28.1 Å². The first-order valence-electron chi connectivity index (χ1n) is 6.20. The molecule has 116 valence electrons. The Kier molecular flexibility index (Phi) is 4.08. The third-order valence-corrected chi connectivity index (χ3v) is 5.23. The molecule has 21 heavy (non-hydrogen) atoms. The van der Waals surface area contributed by atoms with Gasteiger partial charge in [0.15, 0.2) is 0 Å². The molecule has 5 N–H and O–H groups in total. The largest absolute Gasteiger partial charge is 0.495 e. The van der Waals surface area contributed by atoms with Crippen LogP contribution in [0.5, 0.6) is 5.75 Å². The number of aliphatic hydroxyl groups is 1. The number of nitrogens with zero attached hydrogens (tertiary/aromatic N) is 1. The maximum Gasteiger partial charge on any atom is 0.247 e. The molecule has 0 radical (unpaired) electrons. The van der Waals surface area contributed by atoms with Crippen LogP contribution in [-0.2, 0) is 14.8 Å². The van der Waals surface area contributed by atoms with Gasteiger partial charge in [-0.2, -0.15) is 4.31 Å². The van der Waals surface area contributed by atoms with Gasteiger partial charge in [-0.1, -0.05) is 0 Å². The molecular formula is C12H17N3O5S. The van der Waals surface area contributed by atoms with Gasteiger partial charge < -0.3 is 21.3 Å². The number of sulfonamides is 1. The summed E-state index contributed by atoms with van der Waals surface area (Å²) >= 11 is 0. The number of benzene rings is 1. The molecule has 1 aromatic rings. The highest BCUT2D eigenvalue weighted by Gasteiger charge is 2.43. The van der Waals surface area contributed by atoms with Crippen LogP contribution in [0, 0.1) is 0 Å². The van der Waals surface area contributed by atoms with E-state index in [-0.39, 0.29) is 29.3 Å². The van der Waals surface area contributed by atoms with Gasteiger partial charge in [0.2, 0.25) is 15.9 Å². The second-order valence-electron chi connectivity index (χ2n) is 4.79. The fraction of sp³-hybridized carbons (Fsp3) is 0.417. The lowest BCUT2D eigenvalue weighted by Gasteiger charge is -2.22. The molecule has 1 heterocycles. The monoisotopic (exact) mass is 315 g/mol. The van der Waals surface area contributed by atoms with Gasteiger partial charge in [-0.05, 0) is 18.2 Å². The van der Waals surface area contributed by atoms with Gasteiger partial charge in [-0.15, -0.1) is 0 Å². The number of β-amino-alcohol motifs (C(OH)–C–C–N with tert-alkyl or cyclic N) is 1. The number of carbonyl (C=O) groups is 1. The van der Waals surface area contributed by atoms with E-state index in [1.165, 1.54) is 25.3 Å². The summed E-state index contributed by atoms with van der Waals surface area (Å²) in [5.74, 6) is -0.702. The maximum atomic E-state index is 12.7. The first-order valence-corrected chi connectivity index (χ1v) is 7.64. The van der Waals surface area contributed by atoms with Gasteiger partial charge in [0, 0.05) is 18.7 Å². The number of hydrogen-bond donors (Lipinski definition) is 3. The highest BCUT2D eigenvalue weighted by Crippen LogP contribution is 2.32. The minimum Gasteiger partial charge on any atom is -0.495 e. The number of anilines is 1. The SMILES string of the molecule is COc1ccc(N)cc1S(=O)(=O)N1CC(O)CC1C(N)=O. The Bertz CT molecular complexity index is 661. The van der Waals surface area contributed by atoms with Gasteiger partial charge in [0.05, 0.1) is 13.2 Å². The van der Waals surface area contributed by atoms with Crippen LogP contribution in [0.4, 0.5) is 5.69 Å². The lowest BCUT2D eigenvalue weighted by molar-refractivity contribution is -0.121. The zero-order valence-corrected chi connectivity index (χ0v) is 12.2.